The van der Waals surface area contributed by atoms with E-state index in [1.807, 2.05) is 24.3 Å². The normalized spacial score (nSPS) is 16.0. The number of ether oxygens (including phenoxy) is 1. The number of esters is 1. The molecule has 1 saturated carbocycles. The van der Waals surface area contributed by atoms with E-state index in [4.69, 9.17) is 4.74 Å². The van der Waals surface area contributed by atoms with Crippen molar-refractivity contribution in [2.24, 2.45) is 0 Å². The first kappa shape index (κ1) is 15.6. The standard InChI is InChI=1S/C18H15F3O2/c1-23-16(22)17(9-10-17)15-4-2-3-13(11-15)12-5-7-14(8-6-12)18(19,20)21/h2-8,11H,9-10H2,1H3. The summed E-state index contributed by atoms with van der Waals surface area (Å²) < 4.78 is 42.7. The van der Waals surface area contributed by atoms with Gasteiger partial charge in [-0.2, -0.15) is 13.2 Å². The van der Waals surface area contributed by atoms with Gasteiger partial charge in [-0.3, -0.25) is 4.79 Å². The Morgan fingerprint density at radius 3 is 2.22 bits per heavy atom. The zero-order valence-corrected chi connectivity index (χ0v) is 12.5. The van der Waals surface area contributed by atoms with Gasteiger partial charge in [0.05, 0.1) is 18.1 Å². The van der Waals surface area contributed by atoms with Crippen LogP contribution in [0, 0.1) is 0 Å². The molecule has 0 spiro atoms. The van der Waals surface area contributed by atoms with Gasteiger partial charge in [0.1, 0.15) is 0 Å². The molecule has 0 amide bonds. The van der Waals surface area contributed by atoms with Crippen LogP contribution in [0.25, 0.3) is 11.1 Å². The summed E-state index contributed by atoms with van der Waals surface area (Å²) in [6, 6.07) is 12.4. The number of hydrogen-bond donors (Lipinski definition) is 0. The third kappa shape index (κ3) is 2.83. The van der Waals surface area contributed by atoms with E-state index in [-0.39, 0.29) is 5.97 Å². The Bertz CT molecular complexity index is 729. The molecule has 1 aliphatic rings. The van der Waals surface area contributed by atoms with E-state index >= 15 is 0 Å². The molecule has 0 unspecified atom stereocenters. The van der Waals surface area contributed by atoms with Gasteiger partial charge in [-0.05, 0) is 41.7 Å². The summed E-state index contributed by atoms with van der Waals surface area (Å²) in [5.41, 5.74) is 1.05. The van der Waals surface area contributed by atoms with Gasteiger partial charge in [0.15, 0.2) is 0 Å². The van der Waals surface area contributed by atoms with E-state index < -0.39 is 17.2 Å². The summed E-state index contributed by atoms with van der Waals surface area (Å²) in [5.74, 6) is -0.262. The lowest BCUT2D eigenvalue weighted by Crippen LogP contribution is -2.21. The molecule has 0 radical (unpaired) electrons. The maximum Gasteiger partial charge on any atom is 0.416 e. The summed E-state index contributed by atoms with van der Waals surface area (Å²) >= 11 is 0. The van der Waals surface area contributed by atoms with E-state index in [2.05, 4.69) is 0 Å². The van der Waals surface area contributed by atoms with E-state index in [0.717, 1.165) is 36.1 Å². The van der Waals surface area contributed by atoms with Crippen molar-refractivity contribution in [1.82, 2.24) is 0 Å². The van der Waals surface area contributed by atoms with Crippen LogP contribution in [0.15, 0.2) is 48.5 Å². The molecule has 0 heterocycles. The monoisotopic (exact) mass is 320 g/mol. The van der Waals surface area contributed by atoms with Crippen LogP contribution >= 0.6 is 0 Å². The summed E-state index contributed by atoms with van der Waals surface area (Å²) in [6.45, 7) is 0. The number of carbonyl (C=O) groups excluding carboxylic acids is 1. The second-order valence-electron chi connectivity index (χ2n) is 5.73. The van der Waals surface area contributed by atoms with Crippen molar-refractivity contribution in [2.45, 2.75) is 24.4 Å². The number of alkyl halides is 3. The maximum absolute atomic E-state index is 12.6. The Hall–Kier alpha value is -2.30. The molecule has 2 aromatic carbocycles. The summed E-state index contributed by atoms with van der Waals surface area (Å²) in [7, 11) is 1.36. The topological polar surface area (TPSA) is 26.3 Å². The largest absolute Gasteiger partial charge is 0.468 e. The quantitative estimate of drug-likeness (QED) is 0.774. The molecule has 0 saturated heterocycles. The molecule has 1 aliphatic carbocycles. The van der Waals surface area contributed by atoms with Gasteiger partial charge in [0, 0.05) is 0 Å². The highest BCUT2D eigenvalue weighted by Gasteiger charge is 2.52. The summed E-state index contributed by atoms with van der Waals surface area (Å²) in [4.78, 5) is 12.0. The number of hydrogen-bond acceptors (Lipinski definition) is 2. The Morgan fingerprint density at radius 2 is 1.70 bits per heavy atom. The first-order chi connectivity index (χ1) is 10.9. The van der Waals surface area contributed by atoms with Crippen LogP contribution in [-0.4, -0.2) is 13.1 Å². The lowest BCUT2D eigenvalue weighted by atomic mass is 9.92. The second-order valence-corrected chi connectivity index (χ2v) is 5.73. The minimum absolute atomic E-state index is 0.262. The molecule has 5 heteroatoms. The average molecular weight is 320 g/mol. The van der Waals surface area contributed by atoms with Gasteiger partial charge in [-0.1, -0.05) is 36.4 Å². The minimum atomic E-state index is -4.34. The molecule has 0 N–H and O–H groups in total. The molecule has 23 heavy (non-hydrogen) atoms. The van der Waals surface area contributed by atoms with Gasteiger partial charge in [-0.25, -0.2) is 0 Å². The van der Waals surface area contributed by atoms with Crippen LogP contribution in [-0.2, 0) is 21.1 Å². The second kappa shape index (κ2) is 5.41. The molecule has 0 atom stereocenters. The van der Waals surface area contributed by atoms with Gasteiger partial charge in [-0.15, -0.1) is 0 Å². The predicted octanol–water partition coefficient (Wildman–Crippen LogP) is 4.58. The van der Waals surface area contributed by atoms with Crippen molar-refractivity contribution < 1.29 is 22.7 Å². The van der Waals surface area contributed by atoms with Crippen molar-refractivity contribution in [3.05, 3.63) is 59.7 Å². The zero-order valence-electron chi connectivity index (χ0n) is 12.5. The van der Waals surface area contributed by atoms with Crippen LogP contribution in [0.5, 0.6) is 0 Å². The van der Waals surface area contributed by atoms with Gasteiger partial charge >= 0.3 is 12.1 Å². The number of methoxy groups -OCH3 is 1. The molecular weight excluding hydrogens is 305 g/mol. The smallest absolute Gasteiger partial charge is 0.416 e. The fraction of sp³-hybridized carbons (Fsp3) is 0.278. The first-order valence-electron chi connectivity index (χ1n) is 7.23. The van der Waals surface area contributed by atoms with Crippen molar-refractivity contribution in [3.8, 4) is 11.1 Å². The third-order valence-electron chi connectivity index (χ3n) is 4.29. The Morgan fingerprint density at radius 1 is 1.04 bits per heavy atom. The number of carbonyl (C=O) groups is 1. The summed E-state index contributed by atoms with van der Waals surface area (Å²) in [6.07, 6.45) is -2.88. The van der Waals surface area contributed by atoms with Crippen molar-refractivity contribution >= 4 is 5.97 Å². The molecule has 2 aromatic rings. The minimum Gasteiger partial charge on any atom is -0.468 e. The van der Waals surface area contributed by atoms with Crippen LogP contribution in [0.2, 0.25) is 0 Å². The summed E-state index contributed by atoms with van der Waals surface area (Å²) in [5, 5.41) is 0. The SMILES string of the molecule is COC(=O)C1(c2cccc(-c3ccc(C(F)(F)F)cc3)c2)CC1. The highest BCUT2D eigenvalue weighted by Crippen LogP contribution is 2.49. The van der Waals surface area contributed by atoms with Crippen LogP contribution < -0.4 is 0 Å². The molecule has 120 valence electrons. The fourth-order valence-corrected chi connectivity index (χ4v) is 2.78. The Labute approximate surface area is 131 Å². The zero-order chi connectivity index (χ0) is 16.7. The van der Waals surface area contributed by atoms with Crippen LogP contribution in [0.3, 0.4) is 0 Å². The van der Waals surface area contributed by atoms with Gasteiger partial charge in [0.2, 0.25) is 0 Å². The number of rotatable bonds is 3. The maximum atomic E-state index is 12.6. The van der Waals surface area contributed by atoms with Crippen molar-refractivity contribution in [3.63, 3.8) is 0 Å². The lowest BCUT2D eigenvalue weighted by Gasteiger charge is -2.14. The Balaban J connectivity index is 1.93. The number of benzene rings is 2. The van der Waals surface area contributed by atoms with Crippen LogP contribution in [0.4, 0.5) is 13.2 Å². The molecule has 2 nitrogen and oxygen atoms in total. The van der Waals surface area contributed by atoms with Crippen molar-refractivity contribution in [1.29, 1.82) is 0 Å². The van der Waals surface area contributed by atoms with Crippen LogP contribution in [0.1, 0.15) is 24.0 Å². The Kier molecular flexibility index (Phi) is 3.66. The predicted molar refractivity (Wildman–Crippen MR) is 79.8 cm³/mol. The average Bonchev–Trinajstić information content (AvgIpc) is 3.35. The molecule has 3 rings (SSSR count). The molecular formula is C18H15F3O2. The van der Waals surface area contributed by atoms with E-state index in [1.54, 1.807) is 0 Å². The van der Waals surface area contributed by atoms with Gasteiger partial charge < -0.3 is 4.74 Å². The first-order valence-corrected chi connectivity index (χ1v) is 7.23. The molecule has 0 bridgehead atoms. The molecule has 0 aliphatic heterocycles. The number of halogens is 3. The highest BCUT2D eigenvalue weighted by molar-refractivity contribution is 5.87. The molecule has 0 aromatic heterocycles. The fourth-order valence-electron chi connectivity index (χ4n) is 2.78. The van der Waals surface area contributed by atoms with E-state index in [0.29, 0.717) is 5.56 Å². The van der Waals surface area contributed by atoms with Gasteiger partial charge in [0.25, 0.3) is 0 Å². The lowest BCUT2D eigenvalue weighted by molar-refractivity contribution is -0.143. The van der Waals surface area contributed by atoms with E-state index in [9.17, 15) is 18.0 Å². The van der Waals surface area contributed by atoms with Crippen molar-refractivity contribution in [2.75, 3.05) is 7.11 Å². The molecule has 1 fully saturated rings. The third-order valence-corrected chi connectivity index (χ3v) is 4.29. The van der Waals surface area contributed by atoms with E-state index in [1.165, 1.54) is 19.2 Å². The highest BCUT2D eigenvalue weighted by atomic mass is 19.4.